The number of sulfonamides is 1. The molecule has 2 N–H and O–H groups in total. The number of carbonyl (C=O) groups excluding carboxylic acids is 1. The van der Waals surface area contributed by atoms with E-state index in [4.69, 9.17) is 0 Å². The van der Waals surface area contributed by atoms with E-state index in [1.165, 1.54) is 0 Å². The molecule has 3 rings (SSSR count). The Morgan fingerprint density at radius 2 is 1.77 bits per heavy atom. The standard InChI is InChI=1S/C19H16F3N3O4S/c20-19(21,22)29-16-7-9-17(10-8-16)30(27,28)24-11-1-2-14-3-5-15(6-4-14)25-13-12-23-18(25)26/h3-10,24H,11-13H2,(H,23,26). The first-order valence-electron chi connectivity index (χ1n) is 8.64. The quantitative estimate of drug-likeness (QED) is 0.701. The van der Waals surface area contributed by atoms with E-state index >= 15 is 0 Å². The van der Waals surface area contributed by atoms with Gasteiger partial charge in [-0.25, -0.2) is 13.2 Å². The van der Waals surface area contributed by atoms with Gasteiger partial charge in [0.25, 0.3) is 0 Å². The Morgan fingerprint density at radius 3 is 2.33 bits per heavy atom. The van der Waals surface area contributed by atoms with Gasteiger partial charge in [0, 0.05) is 24.3 Å². The average Bonchev–Trinajstić information content (AvgIpc) is 3.11. The molecular weight excluding hydrogens is 423 g/mol. The number of anilines is 1. The third-order valence-corrected chi connectivity index (χ3v) is 5.40. The second-order valence-corrected chi connectivity index (χ2v) is 7.84. The number of hydrogen-bond acceptors (Lipinski definition) is 4. The van der Waals surface area contributed by atoms with Crippen LogP contribution in [0.15, 0.2) is 53.4 Å². The average molecular weight is 439 g/mol. The zero-order valence-electron chi connectivity index (χ0n) is 15.4. The zero-order chi connectivity index (χ0) is 21.8. The van der Waals surface area contributed by atoms with E-state index in [0.29, 0.717) is 18.7 Å². The topological polar surface area (TPSA) is 87.7 Å². The van der Waals surface area contributed by atoms with E-state index in [2.05, 4.69) is 26.6 Å². The fraction of sp³-hybridized carbons (Fsp3) is 0.211. The van der Waals surface area contributed by atoms with E-state index < -0.39 is 22.1 Å². The third-order valence-electron chi connectivity index (χ3n) is 3.99. The van der Waals surface area contributed by atoms with Gasteiger partial charge < -0.3 is 10.1 Å². The molecule has 1 aliphatic heterocycles. The molecule has 0 aromatic heterocycles. The Balaban J connectivity index is 1.57. The van der Waals surface area contributed by atoms with Crippen LogP contribution in [0.2, 0.25) is 0 Å². The lowest BCUT2D eigenvalue weighted by molar-refractivity contribution is -0.274. The van der Waals surface area contributed by atoms with Gasteiger partial charge in [-0.1, -0.05) is 11.8 Å². The lowest BCUT2D eigenvalue weighted by atomic mass is 10.2. The SMILES string of the molecule is O=C1NCCN1c1ccc(C#CCNS(=O)(=O)c2ccc(OC(F)(F)F)cc2)cc1. The number of urea groups is 1. The normalized spacial score (nSPS) is 14.1. The molecule has 0 saturated carbocycles. The van der Waals surface area contributed by atoms with Crippen LogP contribution >= 0.6 is 0 Å². The first-order chi connectivity index (χ1) is 14.1. The number of ether oxygens (including phenoxy) is 1. The molecule has 1 fully saturated rings. The maximum absolute atomic E-state index is 12.2. The van der Waals surface area contributed by atoms with Crippen LogP contribution in [0.1, 0.15) is 5.56 Å². The number of benzene rings is 2. The van der Waals surface area contributed by atoms with Gasteiger partial charge in [0.05, 0.1) is 11.4 Å². The summed E-state index contributed by atoms with van der Waals surface area (Å²) in [5, 5.41) is 2.70. The Hall–Kier alpha value is -3.23. The van der Waals surface area contributed by atoms with Gasteiger partial charge in [0.1, 0.15) is 5.75 Å². The van der Waals surface area contributed by atoms with Crippen molar-refractivity contribution >= 4 is 21.7 Å². The fourth-order valence-electron chi connectivity index (χ4n) is 2.62. The number of alkyl halides is 3. The molecular formula is C19H16F3N3O4S. The molecule has 0 bridgehead atoms. The third kappa shape index (κ3) is 5.65. The number of carbonyl (C=O) groups is 1. The molecule has 2 amide bonds. The molecule has 0 aliphatic carbocycles. The maximum atomic E-state index is 12.2. The molecule has 30 heavy (non-hydrogen) atoms. The van der Waals surface area contributed by atoms with Crippen LogP contribution in [0.25, 0.3) is 0 Å². The lowest BCUT2D eigenvalue weighted by Crippen LogP contribution is -2.27. The second-order valence-electron chi connectivity index (χ2n) is 6.08. The summed E-state index contributed by atoms with van der Waals surface area (Å²) in [6.07, 6.45) is -4.85. The van der Waals surface area contributed by atoms with E-state index in [-0.39, 0.29) is 17.5 Å². The highest BCUT2D eigenvalue weighted by Crippen LogP contribution is 2.23. The van der Waals surface area contributed by atoms with Crippen molar-refractivity contribution in [2.24, 2.45) is 0 Å². The zero-order valence-corrected chi connectivity index (χ0v) is 16.2. The molecule has 11 heteroatoms. The summed E-state index contributed by atoms with van der Waals surface area (Å²) >= 11 is 0. The number of halogens is 3. The summed E-state index contributed by atoms with van der Waals surface area (Å²) in [5.74, 6) is 4.94. The smallest absolute Gasteiger partial charge is 0.406 e. The highest BCUT2D eigenvalue weighted by molar-refractivity contribution is 7.89. The van der Waals surface area contributed by atoms with Gasteiger partial charge in [-0.05, 0) is 48.5 Å². The highest BCUT2D eigenvalue weighted by atomic mass is 32.2. The minimum absolute atomic E-state index is 0.166. The number of rotatable bonds is 5. The summed E-state index contributed by atoms with van der Waals surface area (Å²) in [5.41, 5.74) is 1.36. The number of nitrogens with zero attached hydrogens (tertiary/aromatic N) is 1. The van der Waals surface area contributed by atoms with Gasteiger partial charge in [0.15, 0.2) is 0 Å². The van der Waals surface area contributed by atoms with Crippen molar-refractivity contribution in [3.05, 3.63) is 54.1 Å². The summed E-state index contributed by atoms with van der Waals surface area (Å²) in [6, 6.07) is 10.6. The van der Waals surface area contributed by atoms with Crippen molar-refractivity contribution in [3.8, 4) is 17.6 Å². The molecule has 0 unspecified atom stereocenters. The molecule has 0 atom stereocenters. The molecule has 1 aliphatic rings. The molecule has 158 valence electrons. The van der Waals surface area contributed by atoms with Gasteiger partial charge in [-0.15, -0.1) is 13.2 Å². The van der Waals surface area contributed by atoms with Gasteiger partial charge in [-0.3, -0.25) is 4.90 Å². The molecule has 2 aromatic carbocycles. The van der Waals surface area contributed by atoms with E-state index in [0.717, 1.165) is 30.0 Å². The predicted octanol–water partition coefficient (Wildman–Crippen LogP) is 2.44. The van der Waals surface area contributed by atoms with Crippen LogP contribution < -0.4 is 19.7 Å². The molecule has 2 aromatic rings. The first-order valence-corrected chi connectivity index (χ1v) is 10.1. The minimum Gasteiger partial charge on any atom is -0.406 e. The fourth-order valence-corrected chi connectivity index (χ4v) is 3.55. The van der Waals surface area contributed by atoms with Crippen molar-refractivity contribution in [3.63, 3.8) is 0 Å². The predicted molar refractivity (Wildman–Crippen MR) is 102 cm³/mol. The van der Waals surface area contributed by atoms with Crippen LogP contribution in [0.5, 0.6) is 5.75 Å². The molecule has 7 nitrogen and oxygen atoms in total. The molecule has 0 spiro atoms. The van der Waals surface area contributed by atoms with Gasteiger partial charge in [0.2, 0.25) is 10.0 Å². The van der Waals surface area contributed by atoms with Gasteiger partial charge in [-0.2, -0.15) is 4.72 Å². The maximum Gasteiger partial charge on any atom is 0.573 e. The molecule has 0 radical (unpaired) electrons. The molecule has 1 heterocycles. The Morgan fingerprint density at radius 1 is 1.10 bits per heavy atom. The second kappa shape index (κ2) is 8.64. The first kappa shape index (κ1) is 21.5. The van der Waals surface area contributed by atoms with Crippen LogP contribution in [0.3, 0.4) is 0 Å². The van der Waals surface area contributed by atoms with Crippen molar-refractivity contribution < 1.29 is 31.1 Å². The Labute approximate surface area is 170 Å². The lowest BCUT2D eigenvalue weighted by Gasteiger charge is -2.13. The number of amides is 2. The monoisotopic (exact) mass is 439 g/mol. The minimum atomic E-state index is -4.85. The highest BCUT2D eigenvalue weighted by Gasteiger charge is 2.31. The van der Waals surface area contributed by atoms with E-state index in [1.54, 1.807) is 29.2 Å². The van der Waals surface area contributed by atoms with Crippen molar-refractivity contribution in [1.82, 2.24) is 10.0 Å². The summed E-state index contributed by atoms with van der Waals surface area (Å²) in [4.78, 5) is 13.0. The Kier molecular flexibility index (Phi) is 6.19. The largest absolute Gasteiger partial charge is 0.573 e. The van der Waals surface area contributed by atoms with Crippen LogP contribution in [-0.4, -0.2) is 40.4 Å². The van der Waals surface area contributed by atoms with Crippen LogP contribution in [0, 0.1) is 11.8 Å². The van der Waals surface area contributed by atoms with E-state index in [1.807, 2.05) is 0 Å². The number of hydrogen-bond donors (Lipinski definition) is 2. The van der Waals surface area contributed by atoms with E-state index in [9.17, 15) is 26.4 Å². The number of nitrogens with one attached hydrogen (secondary N) is 2. The van der Waals surface area contributed by atoms with Crippen molar-refractivity contribution in [1.29, 1.82) is 0 Å². The van der Waals surface area contributed by atoms with Crippen LogP contribution in [0.4, 0.5) is 23.7 Å². The molecule has 1 saturated heterocycles. The summed E-state index contributed by atoms with van der Waals surface area (Å²) in [6.45, 7) is 0.965. The summed E-state index contributed by atoms with van der Waals surface area (Å²) in [7, 11) is -3.94. The van der Waals surface area contributed by atoms with Crippen molar-refractivity contribution in [2.45, 2.75) is 11.3 Å². The van der Waals surface area contributed by atoms with Crippen molar-refractivity contribution in [2.75, 3.05) is 24.5 Å². The van der Waals surface area contributed by atoms with Gasteiger partial charge >= 0.3 is 12.4 Å². The Bertz CT molecular complexity index is 1070. The summed E-state index contributed by atoms with van der Waals surface area (Å²) < 4.78 is 66.8. The van der Waals surface area contributed by atoms with Crippen LogP contribution in [-0.2, 0) is 10.0 Å².